The van der Waals surface area contributed by atoms with Crippen LogP contribution in [0.1, 0.15) is 18.4 Å². The lowest BCUT2D eigenvalue weighted by atomic mass is 10.1. The van der Waals surface area contributed by atoms with E-state index in [2.05, 4.69) is 22.3 Å². The SMILES string of the molecule is COc1cccc(C[NH+](C)CC(=O)Nc2ccc(N3CCCC3)cc2)c1OC. The maximum Gasteiger partial charge on any atom is 0.279 e. The molecule has 0 spiro atoms. The van der Waals surface area contributed by atoms with Crippen molar-refractivity contribution >= 4 is 17.3 Å². The Morgan fingerprint density at radius 3 is 2.43 bits per heavy atom. The molecular weight excluding hydrogens is 354 g/mol. The number of amides is 1. The normalized spacial score (nSPS) is 14.6. The molecule has 1 fully saturated rings. The fourth-order valence-electron chi connectivity index (χ4n) is 3.69. The standard InChI is InChI=1S/C22H29N3O3/c1-24(15-17-7-6-8-20(27-2)22(17)28-3)16-21(26)23-18-9-11-19(12-10-18)25-13-4-5-14-25/h6-12H,4-5,13-16H2,1-3H3,(H,23,26)/p+1. The Labute approximate surface area is 167 Å². The van der Waals surface area contributed by atoms with Crippen molar-refractivity contribution in [2.24, 2.45) is 0 Å². The van der Waals surface area contributed by atoms with E-state index >= 15 is 0 Å². The number of benzene rings is 2. The number of methoxy groups -OCH3 is 2. The molecule has 0 aliphatic carbocycles. The number of nitrogens with one attached hydrogen (secondary N) is 2. The third-order valence-corrected chi connectivity index (χ3v) is 5.06. The van der Waals surface area contributed by atoms with Crippen LogP contribution in [0.2, 0.25) is 0 Å². The number of anilines is 2. The zero-order valence-corrected chi connectivity index (χ0v) is 17.0. The van der Waals surface area contributed by atoms with Crippen molar-refractivity contribution in [3.63, 3.8) is 0 Å². The maximum absolute atomic E-state index is 12.4. The Bertz CT molecular complexity index is 786. The van der Waals surface area contributed by atoms with Gasteiger partial charge in [0.25, 0.3) is 5.91 Å². The lowest BCUT2D eigenvalue weighted by Crippen LogP contribution is -3.08. The highest BCUT2D eigenvalue weighted by molar-refractivity contribution is 5.91. The number of ether oxygens (including phenoxy) is 2. The molecule has 28 heavy (non-hydrogen) atoms. The van der Waals surface area contributed by atoms with Gasteiger partial charge in [-0.05, 0) is 49.2 Å². The van der Waals surface area contributed by atoms with Crippen molar-refractivity contribution in [3.05, 3.63) is 48.0 Å². The quantitative estimate of drug-likeness (QED) is 0.731. The van der Waals surface area contributed by atoms with Gasteiger partial charge in [0, 0.05) is 24.5 Å². The number of carbonyl (C=O) groups is 1. The van der Waals surface area contributed by atoms with E-state index in [4.69, 9.17) is 9.47 Å². The van der Waals surface area contributed by atoms with E-state index in [0.717, 1.165) is 35.0 Å². The lowest BCUT2D eigenvalue weighted by Gasteiger charge is -2.18. The van der Waals surface area contributed by atoms with Gasteiger partial charge in [-0.2, -0.15) is 0 Å². The van der Waals surface area contributed by atoms with Crippen molar-refractivity contribution in [1.82, 2.24) is 0 Å². The largest absolute Gasteiger partial charge is 0.493 e. The molecule has 1 saturated heterocycles. The number of hydrogen-bond donors (Lipinski definition) is 2. The molecule has 0 aromatic heterocycles. The third-order valence-electron chi connectivity index (χ3n) is 5.06. The van der Waals surface area contributed by atoms with E-state index in [0.29, 0.717) is 18.8 Å². The smallest absolute Gasteiger partial charge is 0.279 e. The molecule has 2 aromatic rings. The van der Waals surface area contributed by atoms with Gasteiger partial charge in [-0.1, -0.05) is 6.07 Å². The van der Waals surface area contributed by atoms with Gasteiger partial charge in [0.1, 0.15) is 6.54 Å². The molecule has 150 valence electrons. The second kappa shape index (κ2) is 9.46. The number of para-hydroxylation sites is 1. The van der Waals surface area contributed by atoms with Crippen LogP contribution in [-0.4, -0.2) is 46.8 Å². The average molecular weight is 385 g/mol. The summed E-state index contributed by atoms with van der Waals surface area (Å²) in [4.78, 5) is 15.9. The van der Waals surface area contributed by atoms with Gasteiger partial charge in [-0.25, -0.2) is 0 Å². The van der Waals surface area contributed by atoms with E-state index in [-0.39, 0.29) is 5.91 Å². The Hall–Kier alpha value is -2.73. The monoisotopic (exact) mass is 384 g/mol. The van der Waals surface area contributed by atoms with Crippen molar-refractivity contribution in [2.45, 2.75) is 19.4 Å². The Kier molecular flexibility index (Phi) is 6.76. The predicted molar refractivity (Wildman–Crippen MR) is 112 cm³/mol. The van der Waals surface area contributed by atoms with Crippen LogP contribution >= 0.6 is 0 Å². The molecule has 6 nitrogen and oxygen atoms in total. The molecule has 1 amide bonds. The van der Waals surface area contributed by atoms with E-state index in [1.54, 1.807) is 14.2 Å². The van der Waals surface area contributed by atoms with Gasteiger partial charge in [0.15, 0.2) is 18.0 Å². The maximum atomic E-state index is 12.4. The highest BCUT2D eigenvalue weighted by atomic mass is 16.5. The number of likely N-dealkylation sites (N-methyl/N-ethyl adjacent to an activating group) is 1. The molecule has 1 aliphatic rings. The summed E-state index contributed by atoms with van der Waals surface area (Å²) in [6.07, 6.45) is 2.51. The fourth-order valence-corrected chi connectivity index (χ4v) is 3.69. The topological polar surface area (TPSA) is 55.2 Å². The zero-order chi connectivity index (χ0) is 19.9. The summed E-state index contributed by atoms with van der Waals surface area (Å²) in [6, 6.07) is 13.9. The highest BCUT2D eigenvalue weighted by Gasteiger charge is 2.16. The van der Waals surface area contributed by atoms with Crippen LogP contribution in [0.4, 0.5) is 11.4 Å². The summed E-state index contributed by atoms with van der Waals surface area (Å²) in [5.41, 5.74) is 3.07. The molecule has 1 unspecified atom stereocenters. The summed E-state index contributed by atoms with van der Waals surface area (Å²) in [5, 5.41) is 2.99. The zero-order valence-electron chi connectivity index (χ0n) is 17.0. The van der Waals surface area contributed by atoms with Crippen LogP contribution in [0.3, 0.4) is 0 Å². The number of quaternary nitrogens is 1. The molecule has 2 N–H and O–H groups in total. The van der Waals surface area contributed by atoms with E-state index in [1.807, 2.05) is 37.4 Å². The minimum atomic E-state index is -0.00622. The van der Waals surface area contributed by atoms with E-state index < -0.39 is 0 Å². The number of rotatable bonds is 8. The first-order valence-electron chi connectivity index (χ1n) is 9.76. The molecule has 0 saturated carbocycles. The van der Waals surface area contributed by atoms with Crippen molar-refractivity contribution < 1.29 is 19.2 Å². The molecule has 0 bridgehead atoms. The van der Waals surface area contributed by atoms with Gasteiger partial charge in [-0.15, -0.1) is 0 Å². The Morgan fingerprint density at radius 2 is 1.79 bits per heavy atom. The third kappa shape index (κ3) is 4.95. The number of nitrogens with zero attached hydrogens (tertiary/aromatic N) is 1. The minimum Gasteiger partial charge on any atom is -0.493 e. The van der Waals surface area contributed by atoms with Gasteiger partial charge >= 0.3 is 0 Å². The lowest BCUT2D eigenvalue weighted by molar-refractivity contribution is -0.885. The van der Waals surface area contributed by atoms with Crippen LogP contribution < -0.4 is 24.6 Å². The van der Waals surface area contributed by atoms with Gasteiger partial charge in [0.05, 0.1) is 26.8 Å². The van der Waals surface area contributed by atoms with Crippen LogP contribution in [0, 0.1) is 0 Å². The first kappa shape index (κ1) is 20.0. The fraction of sp³-hybridized carbons (Fsp3) is 0.409. The molecule has 6 heteroatoms. The first-order chi connectivity index (χ1) is 13.6. The first-order valence-corrected chi connectivity index (χ1v) is 9.76. The Balaban J connectivity index is 1.54. The molecule has 1 heterocycles. The summed E-state index contributed by atoms with van der Waals surface area (Å²) in [5.74, 6) is 1.42. The molecular formula is C22H30N3O3+. The number of carbonyl (C=O) groups excluding carboxylic acids is 1. The van der Waals surface area contributed by atoms with Crippen LogP contribution in [0.15, 0.2) is 42.5 Å². The highest BCUT2D eigenvalue weighted by Crippen LogP contribution is 2.30. The minimum absolute atomic E-state index is 0.00622. The van der Waals surface area contributed by atoms with Crippen LogP contribution in [0.25, 0.3) is 0 Å². The summed E-state index contributed by atoms with van der Waals surface area (Å²) < 4.78 is 10.8. The second-order valence-corrected chi connectivity index (χ2v) is 7.25. The number of hydrogen-bond acceptors (Lipinski definition) is 4. The van der Waals surface area contributed by atoms with Crippen molar-refractivity contribution in [2.75, 3.05) is 51.1 Å². The molecule has 1 atom stereocenters. The Morgan fingerprint density at radius 1 is 1.07 bits per heavy atom. The van der Waals surface area contributed by atoms with Gasteiger partial charge < -0.3 is 24.6 Å². The average Bonchev–Trinajstić information content (AvgIpc) is 3.23. The molecule has 2 aromatic carbocycles. The summed E-state index contributed by atoms with van der Waals surface area (Å²) in [7, 11) is 5.25. The van der Waals surface area contributed by atoms with Gasteiger partial charge in [0.2, 0.25) is 0 Å². The van der Waals surface area contributed by atoms with Crippen LogP contribution in [-0.2, 0) is 11.3 Å². The molecule has 0 radical (unpaired) electrons. The van der Waals surface area contributed by atoms with Gasteiger partial charge in [-0.3, -0.25) is 4.79 Å². The second-order valence-electron chi connectivity index (χ2n) is 7.25. The molecule has 1 aliphatic heterocycles. The summed E-state index contributed by atoms with van der Waals surface area (Å²) >= 11 is 0. The molecule has 3 rings (SSSR count). The van der Waals surface area contributed by atoms with Crippen molar-refractivity contribution in [3.8, 4) is 11.5 Å². The van der Waals surface area contributed by atoms with Crippen LogP contribution in [0.5, 0.6) is 11.5 Å². The van der Waals surface area contributed by atoms with E-state index in [9.17, 15) is 4.79 Å². The van der Waals surface area contributed by atoms with E-state index in [1.165, 1.54) is 18.5 Å². The summed E-state index contributed by atoms with van der Waals surface area (Å²) in [6.45, 7) is 3.27. The predicted octanol–water partition coefficient (Wildman–Crippen LogP) is 1.96. The van der Waals surface area contributed by atoms with Crippen molar-refractivity contribution in [1.29, 1.82) is 0 Å².